The van der Waals surface area contributed by atoms with E-state index in [1.54, 1.807) is 0 Å². The highest BCUT2D eigenvalue weighted by Gasteiger charge is 2.42. The van der Waals surface area contributed by atoms with Gasteiger partial charge in [-0.15, -0.1) is 0 Å². The second-order valence-corrected chi connectivity index (χ2v) is 10.1. The van der Waals surface area contributed by atoms with Gasteiger partial charge < -0.3 is 14.8 Å². The standard InChI is InChI=1S/C27H49NO5/c1-5-7-8-9-10-11-12-13-14-15-16-17-22(19-25-23(6-2)26(30)33-25)32-27(31)24(28-20-29)18-21(3)4/h20-25H,5-19H2,1-4H3,(H,28,29)/t22-,23-,24-,25-/m0/s1. The Morgan fingerprint density at radius 2 is 1.58 bits per heavy atom. The summed E-state index contributed by atoms with van der Waals surface area (Å²) in [5.41, 5.74) is 0. The van der Waals surface area contributed by atoms with Gasteiger partial charge in [-0.1, -0.05) is 91.9 Å². The average Bonchev–Trinajstić information content (AvgIpc) is 2.76. The third kappa shape index (κ3) is 12.4. The quantitative estimate of drug-likeness (QED) is 0.125. The molecule has 4 atom stereocenters. The first-order valence-corrected chi connectivity index (χ1v) is 13.5. The molecule has 1 N–H and O–H groups in total. The Morgan fingerprint density at radius 3 is 2.06 bits per heavy atom. The van der Waals surface area contributed by atoms with Gasteiger partial charge in [-0.2, -0.15) is 0 Å². The van der Waals surface area contributed by atoms with Crippen LogP contribution >= 0.6 is 0 Å². The Hall–Kier alpha value is -1.59. The molecule has 0 spiro atoms. The van der Waals surface area contributed by atoms with Gasteiger partial charge in [0.2, 0.25) is 6.41 Å². The van der Waals surface area contributed by atoms with Gasteiger partial charge in [-0.25, -0.2) is 4.79 Å². The molecule has 1 saturated heterocycles. The minimum Gasteiger partial charge on any atom is -0.461 e. The SMILES string of the molecule is CCCCCCCCCCCCC[C@@H](C[C@@H]1OC(=O)[C@H]1CC)OC(=O)[C@H](CC(C)C)NC=O. The molecule has 0 saturated carbocycles. The highest BCUT2D eigenvalue weighted by Crippen LogP contribution is 2.31. The highest BCUT2D eigenvalue weighted by molar-refractivity contribution is 5.79. The van der Waals surface area contributed by atoms with Crippen LogP contribution in [-0.4, -0.2) is 36.6 Å². The predicted molar refractivity (Wildman–Crippen MR) is 132 cm³/mol. The van der Waals surface area contributed by atoms with Gasteiger partial charge >= 0.3 is 11.9 Å². The Kier molecular flexibility index (Phi) is 15.9. The van der Waals surface area contributed by atoms with E-state index in [4.69, 9.17) is 9.47 Å². The lowest BCUT2D eigenvalue weighted by Crippen LogP contribution is -2.47. The topological polar surface area (TPSA) is 81.7 Å². The van der Waals surface area contributed by atoms with Crippen LogP contribution in [0.4, 0.5) is 0 Å². The number of unbranched alkanes of at least 4 members (excludes halogenated alkanes) is 10. The maximum Gasteiger partial charge on any atom is 0.328 e. The molecule has 0 aromatic heterocycles. The minimum atomic E-state index is -0.631. The molecular weight excluding hydrogens is 418 g/mol. The largest absolute Gasteiger partial charge is 0.461 e. The molecule has 6 nitrogen and oxygen atoms in total. The molecule has 1 aliphatic heterocycles. The van der Waals surface area contributed by atoms with Crippen molar-refractivity contribution in [3.8, 4) is 0 Å². The van der Waals surface area contributed by atoms with Crippen LogP contribution in [0.1, 0.15) is 124 Å². The van der Waals surface area contributed by atoms with Gasteiger partial charge in [0.05, 0.1) is 5.92 Å². The van der Waals surface area contributed by atoms with E-state index in [9.17, 15) is 14.4 Å². The maximum atomic E-state index is 12.7. The molecule has 0 aliphatic carbocycles. The van der Waals surface area contributed by atoms with Crippen LogP contribution in [0.15, 0.2) is 0 Å². The van der Waals surface area contributed by atoms with E-state index in [0.717, 1.165) is 25.7 Å². The summed E-state index contributed by atoms with van der Waals surface area (Å²) in [6.07, 6.45) is 16.6. The molecule has 1 heterocycles. The van der Waals surface area contributed by atoms with Crippen LogP contribution in [0.3, 0.4) is 0 Å². The van der Waals surface area contributed by atoms with Gasteiger partial charge in [-0.05, 0) is 31.6 Å². The maximum absolute atomic E-state index is 12.7. The number of nitrogens with one attached hydrogen (secondary N) is 1. The van der Waals surface area contributed by atoms with E-state index in [1.165, 1.54) is 57.8 Å². The van der Waals surface area contributed by atoms with Gasteiger partial charge in [0.1, 0.15) is 18.2 Å². The zero-order chi connectivity index (χ0) is 24.5. The molecule has 192 valence electrons. The minimum absolute atomic E-state index is 0.0944. The van der Waals surface area contributed by atoms with Crippen LogP contribution in [0, 0.1) is 11.8 Å². The summed E-state index contributed by atoms with van der Waals surface area (Å²) >= 11 is 0. The van der Waals surface area contributed by atoms with Crippen molar-refractivity contribution in [2.24, 2.45) is 11.8 Å². The molecule has 33 heavy (non-hydrogen) atoms. The van der Waals surface area contributed by atoms with Crippen molar-refractivity contribution in [3.05, 3.63) is 0 Å². The zero-order valence-corrected chi connectivity index (χ0v) is 21.6. The van der Waals surface area contributed by atoms with Gasteiger partial charge in [0.25, 0.3) is 0 Å². The van der Waals surface area contributed by atoms with Crippen LogP contribution in [-0.2, 0) is 23.9 Å². The molecule has 1 rings (SSSR count). The Morgan fingerprint density at radius 1 is 1.00 bits per heavy atom. The number of cyclic esters (lactones) is 1. The van der Waals surface area contributed by atoms with E-state index in [1.807, 2.05) is 20.8 Å². The summed E-state index contributed by atoms with van der Waals surface area (Å²) in [6, 6.07) is -0.631. The van der Waals surface area contributed by atoms with Crippen LogP contribution in [0.2, 0.25) is 0 Å². The first kappa shape index (κ1) is 29.4. The number of carbonyl (C=O) groups excluding carboxylic acids is 3. The molecule has 1 amide bonds. The Balaban J connectivity index is 2.42. The second-order valence-electron chi connectivity index (χ2n) is 10.1. The lowest BCUT2D eigenvalue weighted by Gasteiger charge is -2.36. The number of ether oxygens (including phenoxy) is 2. The van der Waals surface area contributed by atoms with E-state index in [0.29, 0.717) is 19.3 Å². The normalized spacial score (nSPS) is 19.5. The van der Waals surface area contributed by atoms with Crippen molar-refractivity contribution in [2.75, 3.05) is 0 Å². The lowest BCUT2D eigenvalue weighted by atomic mass is 9.88. The van der Waals surface area contributed by atoms with E-state index in [-0.39, 0.29) is 36.0 Å². The summed E-state index contributed by atoms with van der Waals surface area (Å²) in [5, 5.41) is 2.60. The summed E-state index contributed by atoms with van der Waals surface area (Å²) in [4.78, 5) is 35.3. The number of rotatable bonds is 21. The fourth-order valence-electron chi connectivity index (χ4n) is 4.59. The Labute approximate surface area is 201 Å². The summed E-state index contributed by atoms with van der Waals surface area (Å²) < 4.78 is 11.2. The van der Waals surface area contributed by atoms with Crippen molar-refractivity contribution in [2.45, 2.75) is 142 Å². The zero-order valence-electron chi connectivity index (χ0n) is 21.6. The number of esters is 2. The van der Waals surface area contributed by atoms with E-state index >= 15 is 0 Å². The number of hydrogen-bond donors (Lipinski definition) is 1. The number of hydrogen-bond acceptors (Lipinski definition) is 5. The third-order valence-corrected chi connectivity index (χ3v) is 6.63. The van der Waals surface area contributed by atoms with Crippen molar-refractivity contribution in [1.29, 1.82) is 0 Å². The van der Waals surface area contributed by atoms with E-state index in [2.05, 4.69) is 12.2 Å². The molecule has 1 aliphatic rings. The predicted octanol–water partition coefficient (Wildman–Crippen LogP) is 6.10. The summed E-state index contributed by atoms with van der Waals surface area (Å²) in [7, 11) is 0. The third-order valence-electron chi connectivity index (χ3n) is 6.63. The molecule has 1 fully saturated rings. The molecule has 0 bridgehead atoms. The highest BCUT2D eigenvalue weighted by atomic mass is 16.6. The Bertz CT molecular complexity index is 551. The molecular formula is C27H49NO5. The average molecular weight is 468 g/mol. The second kappa shape index (κ2) is 17.8. The fraction of sp³-hybridized carbons (Fsp3) is 0.889. The van der Waals surface area contributed by atoms with Crippen molar-refractivity contribution >= 4 is 18.3 Å². The molecule has 0 unspecified atom stereocenters. The summed E-state index contributed by atoms with van der Waals surface area (Å²) in [6.45, 7) is 8.25. The first-order chi connectivity index (χ1) is 15.9. The molecule has 0 radical (unpaired) electrons. The molecule has 6 heteroatoms. The fourth-order valence-corrected chi connectivity index (χ4v) is 4.59. The molecule has 0 aromatic rings. The molecule has 0 aromatic carbocycles. The van der Waals surface area contributed by atoms with Crippen molar-refractivity contribution in [3.63, 3.8) is 0 Å². The van der Waals surface area contributed by atoms with Gasteiger partial charge in [-0.3, -0.25) is 9.59 Å². The lowest BCUT2D eigenvalue weighted by molar-refractivity contribution is -0.190. The van der Waals surface area contributed by atoms with Crippen LogP contribution in [0.5, 0.6) is 0 Å². The monoisotopic (exact) mass is 467 g/mol. The summed E-state index contributed by atoms with van der Waals surface area (Å²) in [5.74, 6) is -0.370. The first-order valence-electron chi connectivity index (χ1n) is 13.5. The van der Waals surface area contributed by atoms with Crippen LogP contribution < -0.4 is 5.32 Å². The smallest absolute Gasteiger partial charge is 0.328 e. The van der Waals surface area contributed by atoms with Gasteiger partial charge in [0, 0.05) is 6.42 Å². The van der Waals surface area contributed by atoms with Crippen LogP contribution in [0.25, 0.3) is 0 Å². The van der Waals surface area contributed by atoms with E-state index < -0.39 is 6.04 Å². The van der Waals surface area contributed by atoms with Crippen molar-refractivity contribution in [1.82, 2.24) is 5.32 Å². The number of amides is 1. The number of carbonyl (C=O) groups is 3. The van der Waals surface area contributed by atoms with Gasteiger partial charge in [0.15, 0.2) is 0 Å². The van der Waals surface area contributed by atoms with Crippen molar-refractivity contribution < 1.29 is 23.9 Å².